The lowest BCUT2D eigenvalue weighted by Gasteiger charge is -2.21. The van der Waals surface area contributed by atoms with Crippen LogP contribution in [0.2, 0.25) is 0 Å². The summed E-state index contributed by atoms with van der Waals surface area (Å²) < 4.78 is 34.6. The number of phenolic OH excluding ortho intramolecular Hbond substituents is 1. The second-order valence-corrected chi connectivity index (χ2v) is 10.3. The molecule has 0 bridgehead atoms. The van der Waals surface area contributed by atoms with E-state index in [1.54, 1.807) is 38.1 Å². The average molecular weight is 557 g/mol. The third-order valence-corrected chi connectivity index (χ3v) is 6.84. The van der Waals surface area contributed by atoms with E-state index in [9.17, 15) is 32.5 Å². The fraction of sp³-hybridized carbons (Fsp3) is 0.222. The van der Waals surface area contributed by atoms with E-state index in [0.717, 1.165) is 0 Å². The number of aryl methyl sites for hydroxylation is 1. The molecule has 0 fully saturated rings. The number of aromatic hydroxyl groups is 1. The number of aliphatic carboxylic acids is 2. The summed E-state index contributed by atoms with van der Waals surface area (Å²) in [5.41, 5.74) is 2.59. The van der Waals surface area contributed by atoms with Gasteiger partial charge >= 0.3 is 11.9 Å². The van der Waals surface area contributed by atoms with Crippen molar-refractivity contribution < 1.29 is 42.7 Å². The van der Waals surface area contributed by atoms with Crippen LogP contribution in [-0.2, 0) is 31.0 Å². The molecular weight excluding hydrogens is 528 g/mol. The van der Waals surface area contributed by atoms with Gasteiger partial charge in [0.05, 0.1) is 13.1 Å². The van der Waals surface area contributed by atoms with Crippen molar-refractivity contribution in [3.05, 3.63) is 87.5 Å². The number of hydrogen-bond donors (Lipinski definition) is 6. The number of allylic oxidation sites excluding steroid dienone is 4. The number of benzene rings is 2. The standard InChI is InChI=1S/C27H28N2O9S/c1-15-7-17(9-19(26(15)34)11-28-13-23(30)31)25(21-5-3-4-6-22(21)39(36,37)38)18-8-16(2)27(35)20(10-18)12-29-14-24(32)33/h3-10,28-29,34H,11-14H2,1-2H3,(H,30,31)(H,32,33)(H,36,37,38)/b25-18-. The highest BCUT2D eigenvalue weighted by Gasteiger charge is 2.25. The van der Waals surface area contributed by atoms with Gasteiger partial charge in [-0.15, -0.1) is 0 Å². The Morgan fingerprint density at radius 3 is 2.15 bits per heavy atom. The van der Waals surface area contributed by atoms with E-state index in [2.05, 4.69) is 10.6 Å². The molecule has 0 spiro atoms. The van der Waals surface area contributed by atoms with Crippen LogP contribution in [0, 0.1) is 6.92 Å². The Morgan fingerprint density at radius 1 is 0.923 bits per heavy atom. The average Bonchev–Trinajstić information content (AvgIpc) is 2.84. The quantitative estimate of drug-likeness (QED) is 0.222. The third kappa shape index (κ3) is 7.27. The van der Waals surface area contributed by atoms with Crippen molar-refractivity contribution in [1.82, 2.24) is 10.6 Å². The Bertz CT molecular complexity index is 1540. The van der Waals surface area contributed by atoms with Gasteiger partial charge in [0.15, 0.2) is 5.78 Å². The van der Waals surface area contributed by atoms with Crippen LogP contribution in [0.1, 0.15) is 29.2 Å². The Morgan fingerprint density at radius 2 is 1.54 bits per heavy atom. The maximum Gasteiger partial charge on any atom is 0.317 e. The molecule has 12 heteroatoms. The highest BCUT2D eigenvalue weighted by Crippen LogP contribution is 2.37. The Balaban J connectivity index is 2.32. The SMILES string of the molecule is CC1=C/C(=C(\c2cc(C)c(O)c(CNCC(=O)O)c2)c2ccccc2S(=O)(=O)O)C=C(CNCC(=O)O)C1=O. The number of hydrogen-bond acceptors (Lipinski definition) is 8. The normalized spacial score (nSPS) is 15.0. The molecule has 2 aromatic carbocycles. The van der Waals surface area contributed by atoms with Crippen LogP contribution in [0.15, 0.2) is 70.2 Å². The van der Waals surface area contributed by atoms with E-state index in [1.165, 1.54) is 24.3 Å². The van der Waals surface area contributed by atoms with E-state index in [-0.39, 0.29) is 53.7 Å². The van der Waals surface area contributed by atoms with E-state index < -0.39 is 22.1 Å². The second kappa shape index (κ2) is 12.2. The zero-order valence-electron chi connectivity index (χ0n) is 21.2. The van der Waals surface area contributed by atoms with Crippen molar-refractivity contribution in [2.45, 2.75) is 25.3 Å². The van der Waals surface area contributed by atoms with E-state index in [0.29, 0.717) is 33.4 Å². The fourth-order valence-electron chi connectivity index (χ4n) is 4.24. The highest BCUT2D eigenvalue weighted by molar-refractivity contribution is 7.86. The van der Waals surface area contributed by atoms with Gasteiger partial charge in [-0.05, 0) is 72.0 Å². The van der Waals surface area contributed by atoms with Crippen LogP contribution < -0.4 is 10.6 Å². The Kier molecular flexibility index (Phi) is 9.20. The first kappa shape index (κ1) is 29.5. The van der Waals surface area contributed by atoms with E-state index in [4.69, 9.17) is 10.2 Å². The summed E-state index contributed by atoms with van der Waals surface area (Å²) in [5.74, 6) is -2.59. The molecule has 206 valence electrons. The van der Waals surface area contributed by atoms with Crippen LogP contribution in [0.4, 0.5) is 0 Å². The molecule has 2 aromatic rings. The predicted octanol–water partition coefficient (Wildman–Crippen LogP) is 2.05. The lowest BCUT2D eigenvalue weighted by Crippen LogP contribution is -2.28. The fourth-order valence-corrected chi connectivity index (χ4v) is 4.94. The van der Waals surface area contributed by atoms with Gasteiger partial charge < -0.3 is 26.0 Å². The van der Waals surface area contributed by atoms with Gasteiger partial charge in [-0.25, -0.2) is 0 Å². The van der Waals surface area contributed by atoms with Crippen molar-refractivity contribution in [2.75, 3.05) is 19.6 Å². The molecule has 0 radical (unpaired) electrons. The topological polar surface area (TPSA) is 190 Å². The second-order valence-electron chi connectivity index (χ2n) is 8.92. The molecule has 0 atom stereocenters. The zero-order chi connectivity index (χ0) is 28.9. The van der Waals surface area contributed by atoms with Crippen molar-refractivity contribution in [3.63, 3.8) is 0 Å². The summed E-state index contributed by atoms with van der Waals surface area (Å²) in [6.45, 7) is 2.38. The molecule has 39 heavy (non-hydrogen) atoms. The summed E-state index contributed by atoms with van der Waals surface area (Å²) in [5, 5.41) is 33.9. The van der Waals surface area contributed by atoms with E-state index >= 15 is 0 Å². The number of carboxylic acid groups (broad SMARTS) is 2. The van der Waals surface area contributed by atoms with Gasteiger partial charge in [-0.2, -0.15) is 8.42 Å². The minimum atomic E-state index is -4.69. The largest absolute Gasteiger partial charge is 0.507 e. The number of nitrogens with one attached hydrogen (secondary N) is 2. The molecule has 1 aliphatic carbocycles. The summed E-state index contributed by atoms with van der Waals surface area (Å²) in [6, 6.07) is 8.92. The lowest BCUT2D eigenvalue weighted by molar-refractivity contribution is -0.137. The van der Waals surface area contributed by atoms with Gasteiger partial charge in [0.2, 0.25) is 0 Å². The summed E-state index contributed by atoms with van der Waals surface area (Å²) in [7, 11) is -4.69. The monoisotopic (exact) mass is 556 g/mol. The van der Waals surface area contributed by atoms with Crippen LogP contribution in [0.25, 0.3) is 5.57 Å². The zero-order valence-corrected chi connectivity index (χ0v) is 22.0. The van der Waals surface area contributed by atoms with Gasteiger partial charge in [0, 0.05) is 29.8 Å². The number of carbonyl (C=O) groups excluding carboxylic acids is 1. The van der Waals surface area contributed by atoms with Crippen molar-refractivity contribution >= 4 is 33.4 Å². The van der Waals surface area contributed by atoms with Gasteiger partial charge in [0.25, 0.3) is 10.1 Å². The molecule has 0 unspecified atom stereocenters. The maximum atomic E-state index is 12.8. The minimum Gasteiger partial charge on any atom is -0.507 e. The van der Waals surface area contributed by atoms with Gasteiger partial charge in [0.1, 0.15) is 10.6 Å². The first-order chi connectivity index (χ1) is 18.3. The number of ketones is 1. The third-order valence-electron chi connectivity index (χ3n) is 5.93. The van der Waals surface area contributed by atoms with Gasteiger partial charge in [-0.1, -0.05) is 18.2 Å². The Labute approximate surface area is 224 Å². The molecule has 0 saturated carbocycles. The first-order valence-corrected chi connectivity index (χ1v) is 13.2. The molecule has 1 aliphatic rings. The van der Waals surface area contributed by atoms with E-state index in [1.807, 2.05) is 0 Å². The van der Waals surface area contributed by atoms with Crippen LogP contribution in [0.3, 0.4) is 0 Å². The van der Waals surface area contributed by atoms with Crippen LogP contribution in [-0.4, -0.2) is 65.6 Å². The number of carboxylic acids is 2. The molecule has 0 saturated heterocycles. The van der Waals surface area contributed by atoms with Crippen molar-refractivity contribution in [3.8, 4) is 5.75 Å². The van der Waals surface area contributed by atoms with Crippen LogP contribution in [0.5, 0.6) is 5.75 Å². The van der Waals surface area contributed by atoms with Gasteiger partial charge in [-0.3, -0.25) is 18.9 Å². The maximum absolute atomic E-state index is 12.8. The predicted molar refractivity (Wildman–Crippen MR) is 142 cm³/mol. The molecule has 6 N–H and O–H groups in total. The molecule has 0 heterocycles. The van der Waals surface area contributed by atoms with Crippen molar-refractivity contribution in [1.29, 1.82) is 0 Å². The minimum absolute atomic E-state index is 0.0110. The lowest BCUT2D eigenvalue weighted by atomic mass is 9.85. The molecule has 0 amide bonds. The summed E-state index contributed by atoms with van der Waals surface area (Å²) in [6.07, 6.45) is 3.08. The number of Topliss-reactive ketones (excluding diaryl/α,β-unsaturated/α-hetero) is 1. The van der Waals surface area contributed by atoms with Crippen molar-refractivity contribution in [2.24, 2.45) is 0 Å². The molecular formula is C27H28N2O9S. The molecule has 0 aliphatic heterocycles. The summed E-state index contributed by atoms with van der Waals surface area (Å²) in [4.78, 5) is 34.3. The Hall–Kier alpha value is -4.10. The first-order valence-electron chi connectivity index (χ1n) is 11.7. The summed E-state index contributed by atoms with van der Waals surface area (Å²) >= 11 is 0. The number of phenols is 1. The smallest absolute Gasteiger partial charge is 0.317 e. The molecule has 0 aromatic heterocycles. The highest BCUT2D eigenvalue weighted by atomic mass is 32.2. The molecule has 11 nitrogen and oxygen atoms in total. The molecule has 3 rings (SSSR count). The number of rotatable bonds is 11. The number of carbonyl (C=O) groups is 3. The van der Waals surface area contributed by atoms with Crippen LogP contribution >= 0.6 is 0 Å².